The lowest BCUT2D eigenvalue weighted by molar-refractivity contribution is 0.866. The third kappa shape index (κ3) is 1.17. The highest BCUT2D eigenvalue weighted by Gasteiger charge is 2.26. The molecular formula is C9H13N2. The molecule has 0 spiro atoms. The zero-order valence-electron chi connectivity index (χ0n) is 7.04. The van der Waals surface area contributed by atoms with Gasteiger partial charge in [-0.05, 0) is 12.8 Å². The van der Waals surface area contributed by atoms with E-state index >= 15 is 0 Å². The highest BCUT2D eigenvalue weighted by molar-refractivity contribution is 5.17. The van der Waals surface area contributed by atoms with Crippen molar-refractivity contribution in [1.29, 1.82) is 0 Å². The Bertz CT molecular complexity index is 259. The lowest BCUT2D eigenvalue weighted by Gasteiger charge is -1.92. The van der Waals surface area contributed by atoms with Crippen LogP contribution < -0.4 is 0 Å². The van der Waals surface area contributed by atoms with Gasteiger partial charge in [0.25, 0.3) is 0 Å². The number of aryl methyl sites for hydroxylation is 1. The van der Waals surface area contributed by atoms with Gasteiger partial charge in [0.05, 0.1) is 5.69 Å². The minimum atomic E-state index is 0.773. The number of rotatable bonds is 2. The normalized spacial score (nSPS) is 17.3. The summed E-state index contributed by atoms with van der Waals surface area (Å²) in [4.78, 5) is 4.50. The molecule has 1 aromatic heterocycles. The summed E-state index contributed by atoms with van der Waals surface area (Å²) < 4.78 is 2.09. The first-order valence-corrected chi connectivity index (χ1v) is 4.14. The third-order valence-corrected chi connectivity index (χ3v) is 2.18. The maximum Gasteiger partial charge on any atom is 0.112 e. The van der Waals surface area contributed by atoms with E-state index in [1.165, 1.54) is 18.5 Å². The minimum absolute atomic E-state index is 0.773. The molecule has 59 valence electrons. The first-order chi connectivity index (χ1) is 5.31. The Balaban J connectivity index is 2.28. The molecule has 0 amide bonds. The fourth-order valence-electron chi connectivity index (χ4n) is 1.35. The summed E-state index contributed by atoms with van der Waals surface area (Å²) in [6.07, 6.45) is 6.86. The van der Waals surface area contributed by atoms with Crippen LogP contribution in [0.4, 0.5) is 0 Å². The summed E-state index contributed by atoms with van der Waals surface area (Å²) in [5, 5.41) is 0. The van der Waals surface area contributed by atoms with Crippen LogP contribution in [0.25, 0.3) is 0 Å². The van der Waals surface area contributed by atoms with Gasteiger partial charge in [-0.25, -0.2) is 4.98 Å². The smallest absolute Gasteiger partial charge is 0.112 e. The van der Waals surface area contributed by atoms with Gasteiger partial charge in [-0.1, -0.05) is 6.92 Å². The van der Waals surface area contributed by atoms with Crippen molar-refractivity contribution in [2.45, 2.75) is 25.7 Å². The molecule has 0 aliphatic heterocycles. The van der Waals surface area contributed by atoms with Crippen molar-refractivity contribution in [3.05, 3.63) is 24.1 Å². The average Bonchev–Trinajstić information content (AvgIpc) is 2.76. The van der Waals surface area contributed by atoms with Crippen LogP contribution in [-0.2, 0) is 7.05 Å². The first-order valence-electron chi connectivity index (χ1n) is 4.14. The van der Waals surface area contributed by atoms with Crippen LogP contribution in [0.3, 0.4) is 0 Å². The lowest BCUT2D eigenvalue weighted by atomic mass is 10.3. The second-order valence-corrected chi connectivity index (χ2v) is 3.20. The first kappa shape index (κ1) is 6.89. The molecule has 0 saturated heterocycles. The predicted octanol–water partition coefficient (Wildman–Crippen LogP) is 1.87. The number of hydrogen-bond acceptors (Lipinski definition) is 1. The third-order valence-electron chi connectivity index (χ3n) is 2.18. The Labute approximate surface area is 67.3 Å². The summed E-state index contributed by atoms with van der Waals surface area (Å²) in [6.45, 7) is 2.03. The predicted molar refractivity (Wildman–Crippen MR) is 44.3 cm³/mol. The van der Waals surface area contributed by atoms with Crippen LogP contribution >= 0.6 is 0 Å². The van der Waals surface area contributed by atoms with E-state index < -0.39 is 0 Å². The van der Waals surface area contributed by atoms with E-state index in [4.69, 9.17) is 0 Å². The zero-order chi connectivity index (χ0) is 7.84. The second kappa shape index (κ2) is 2.36. The molecule has 0 unspecified atom stereocenters. The largest absolute Gasteiger partial charge is 0.337 e. The summed E-state index contributed by atoms with van der Waals surface area (Å²) in [7, 11) is 2.05. The minimum Gasteiger partial charge on any atom is -0.337 e. The number of nitrogens with zero attached hydrogens (tertiary/aromatic N) is 2. The van der Waals surface area contributed by atoms with Crippen LogP contribution in [0, 0.1) is 6.42 Å². The topological polar surface area (TPSA) is 17.8 Å². The van der Waals surface area contributed by atoms with Crippen LogP contribution in [0.15, 0.2) is 6.20 Å². The Kier molecular flexibility index (Phi) is 1.48. The second-order valence-electron chi connectivity index (χ2n) is 3.20. The van der Waals surface area contributed by atoms with E-state index in [1.54, 1.807) is 0 Å². The van der Waals surface area contributed by atoms with Crippen molar-refractivity contribution < 1.29 is 0 Å². The molecule has 0 N–H and O–H groups in total. The van der Waals surface area contributed by atoms with Crippen molar-refractivity contribution in [2.24, 2.45) is 7.05 Å². The standard InChI is InChI=1S/C9H13N2/c1-3-9-10-8(6-11(9)2)7-4-5-7/h3,6-7H,4-5H2,1-2H3. The molecule has 2 rings (SSSR count). The lowest BCUT2D eigenvalue weighted by Crippen LogP contribution is -1.91. The van der Waals surface area contributed by atoms with Gasteiger partial charge in [-0.3, -0.25) is 0 Å². The molecule has 1 saturated carbocycles. The van der Waals surface area contributed by atoms with Gasteiger partial charge in [0.1, 0.15) is 5.82 Å². The zero-order valence-corrected chi connectivity index (χ0v) is 7.04. The summed E-state index contributed by atoms with van der Waals surface area (Å²) >= 11 is 0. The molecule has 1 radical (unpaired) electrons. The summed E-state index contributed by atoms with van der Waals surface area (Å²) in [5.74, 6) is 1.86. The molecular weight excluding hydrogens is 136 g/mol. The van der Waals surface area contributed by atoms with Gasteiger partial charge < -0.3 is 4.57 Å². The van der Waals surface area contributed by atoms with Crippen LogP contribution in [0.2, 0.25) is 0 Å². The Morgan fingerprint density at radius 2 is 2.36 bits per heavy atom. The van der Waals surface area contributed by atoms with E-state index in [9.17, 15) is 0 Å². The average molecular weight is 149 g/mol. The van der Waals surface area contributed by atoms with Crippen molar-refractivity contribution in [2.75, 3.05) is 0 Å². The van der Waals surface area contributed by atoms with Gasteiger partial charge >= 0.3 is 0 Å². The Morgan fingerprint density at radius 3 is 2.82 bits per heavy atom. The number of aromatic nitrogens is 2. The Hall–Kier alpha value is -0.790. The molecule has 1 aliphatic carbocycles. The molecule has 1 aliphatic rings. The van der Waals surface area contributed by atoms with E-state index in [1.807, 2.05) is 20.4 Å². The quantitative estimate of drug-likeness (QED) is 0.627. The fraction of sp³-hybridized carbons (Fsp3) is 0.556. The summed E-state index contributed by atoms with van der Waals surface area (Å²) in [5.41, 5.74) is 1.28. The molecule has 0 atom stereocenters. The maximum atomic E-state index is 4.50. The van der Waals surface area contributed by atoms with Crippen LogP contribution in [0.5, 0.6) is 0 Å². The Morgan fingerprint density at radius 1 is 1.64 bits per heavy atom. The molecule has 1 fully saturated rings. The van der Waals surface area contributed by atoms with Crippen molar-refractivity contribution in [3.63, 3.8) is 0 Å². The number of imidazole rings is 1. The van der Waals surface area contributed by atoms with Gasteiger partial charge in [0.2, 0.25) is 0 Å². The molecule has 2 nitrogen and oxygen atoms in total. The van der Waals surface area contributed by atoms with E-state index in [2.05, 4.69) is 15.7 Å². The maximum absolute atomic E-state index is 4.50. The van der Waals surface area contributed by atoms with Gasteiger partial charge in [-0.15, -0.1) is 0 Å². The molecule has 2 heteroatoms. The van der Waals surface area contributed by atoms with Crippen LogP contribution in [0.1, 0.15) is 37.2 Å². The van der Waals surface area contributed by atoms with Crippen molar-refractivity contribution in [1.82, 2.24) is 9.55 Å². The molecule has 11 heavy (non-hydrogen) atoms. The van der Waals surface area contributed by atoms with E-state index in [0.29, 0.717) is 0 Å². The van der Waals surface area contributed by atoms with Gasteiger partial charge in [0, 0.05) is 25.6 Å². The highest BCUT2D eigenvalue weighted by atomic mass is 15.0. The molecule has 1 heterocycles. The van der Waals surface area contributed by atoms with Crippen molar-refractivity contribution in [3.8, 4) is 0 Å². The van der Waals surface area contributed by atoms with Crippen molar-refractivity contribution >= 4 is 0 Å². The monoisotopic (exact) mass is 149 g/mol. The van der Waals surface area contributed by atoms with Crippen LogP contribution in [-0.4, -0.2) is 9.55 Å². The molecule has 1 aromatic rings. The van der Waals surface area contributed by atoms with E-state index in [-0.39, 0.29) is 0 Å². The number of hydrogen-bond donors (Lipinski definition) is 0. The highest BCUT2D eigenvalue weighted by Crippen LogP contribution is 2.39. The fourth-order valence-corrected chi connectivity index (χ4v) is 1.35. The van der Waals surface area contributed by atoms with E-state index in [0.717, 1.165) is 11.7 Å². The SMILES string of the molecule is C[CH]c1nc(C2CC2)cn1C. The van der Waals surface area contributed by atoms with Gasteiger partial charge in [0.15, 0.2) is 0 Å². The molecule has 0 aromatic carbocycles. The molecule has 0 bridgehead atoms. The summed E-state index contributed by atoms with van der Waals surface area (Å²) in [6, 6.07) is 0. The van der Waals surface area contributed by atoms with Gasteiger partial charge in [-0.2, -0.15) is 0 Å².